The Morgan fingerprint density at radius 1 is 1.04 bits per heavy atom. The van der Waals surface area contributed by atoms with Crippen molar-refractivity contribution in [1.29, 1.82) is 0 Å². The number of hydrogen-bond donors (Lipinski definition) is 1. The molecule has 1 aliphatic rings. The number of halogens is 5. The van der Waals surface area contributed by atoms with Gasteiger partial charge in [0.2, 0.25) is 5.89 Å². The largest absolute Gasteiger partial charge is 0.416 e. The van der Waals surface area contributed by atoms with E-state index < -0.39 is 11.7 Å². The van der Waals surface area contributed by atoms with Crippen LogP contribution < -0.4 is 5.73 Å². The van der Waals surface area contributed by atoms with E-state index in [1.807, 2.05) is 0 Å². The third-order valence-corrected chi connectivity index (χ3v) is 4.18. The summed E-state index contributed by atoms with van der Waals surface area (Å²) in [4.78, 5) is 8.51. The standard InChI is InChI=1S/C16H20F3N5O.2ClH/c17-16(18,19)13-3-1-2-12(8-13)10-23-4-6-24(7-5-23)11-14-21-15(9-20)25-22-14;;/h1-3,8H,4-7,9-11,20H2;2*1H. The first-order valence-electron chi connectivity index (χ1n) is 8.06. The molecule has 0 amide bonds. The van der Waals surface area contributed by atoms with Gasteiger partial charge in [0.25, 0.3) is 0 Å². The molecule has 0 aliphatic carbocycles. The molecule has 1 fully saturated rings. The lowest BCUT2D eigenvalue weighted by atomic mass is 10.1. The molecule has 0 saturated carbocycles. The summed E-state index contributed by atoms with van der Waals surface area (Å²) in [6.07, 6.45) is -4.30. The SMILES string of the molecule is Cl.Cl.NCc1nc(CN2CCN(Cc3cccc(C(F)(F)F)c3)CC2)no1. The predicted octanol–water partition coefficient (Wildman–Crippen LogP) is 2.71. The van der Waals surface area contributed by atoms with E-state index in [2.05, 4.69) is 19.9 Å². The van der Waals surface area contributed by atoms with Crippen molar-refractivity contribution >= 4 is 24.8 Å². The second-order valence-electron chi connectivity index (χ2n) is 6.06. The fourth-order valence-corrected chi connectivity index (χ4v) is 2.85. The molecule has 1 aliphatic heterocycles. The van der Waals surface area contributed by atoms with Gasteiger partial charge in [0.05, 0.1) is 18.7 Å². The summed E-state index contributed by atoms with van der Waals surface area (Å²) in [7, 11) is 0. The summed E-state index contributed by atoms with van der Waals surface area (Å²) in [6, 6.07) is 5.51. The molecule has 0 unspecified atom stereocenters. The van der Waals surface area contributed by atoms with Crippen LogP contribution in [-0.4, -0.2) is 46.1 Å². The zero-order chi connectivity index (χ0) is 17.9. The molecule has 27 heavy (non-hydrogen) atoms. The Morgan fingerprint density at radius 2 is 1.67 bits per heavy atom. The van der Waals surface area contributed by atoms with Gasteiger partial charge in [0, 0.05) is 32.7 Å². The van der Waals surface area contributed by atoms with Crippen LogP contribution in [0.1, 0.15) is 22.8 Å². The van der Waals surface area contributed by atoms with E-state index in [1.54, 1.807) is 6.07 Å². The Morgan fingerprint density at radius 3 is 2.22 bits per heavy atom. The molecule has 1 aromatic heterocycles. The maximum atomic E-state index is 12.8. The number of benzene rings is 1. The van der Waals surface area contributed by atoms with Gasteiger partial charge < -0.3 is 10.3 Å². The fraction of sp³-hybridized carbons (Fsp3) is 0.500. The van der Waals surface area contributed by atoms with E-state index in [-0.39, 0.29) is 31.4 Å². The second-order valence-corrected chi connectivity index (χ2v) is 6.06. The van der Waals surface area contributed by atoms with E-state index in [0.29, 0.717) is 30.4 Å². The minimum atomic E-state index is -4.30. The van der Waals surface area contributed by atoms with E-state index in [9.17, 15) is 13.2 Å². The van der Waals surface area contributed by atoms with Crippen molar-refractivity contribution in [3.05, 3.63) is 47.1 Å². The number of rotatable bonds is 5. The zero-order valence-electron chi connectivity index (χ0n) is 14.5. The first-order chi connectivity index (χ1) is 11.9. The van der Waals surface area contributed by atoms with E-state index in [1.165, 1.54) is 12.1 Å². The van der Waals surface area contributed by atoms with Crippen molar-refractivity contribution in [2.75, 3.05) is 26.2 Å². The Labute approximate surface area is 167 Å². The lowest BCUT2D eigenvalue weighted by Gasteiger charge is -2.34. The topological polar surface area (TPSA) is 71.4 Å². The smallest absolute Gasteiger partial charge is 0.338 e. The molecule has 0 radical (unpaired) electrons. The number of nitrogens with zero attached hydrogens (tertiary/aromatic N) is 4. The molecule has 11 heteroatoms. The van der Waals surface area contributed by atoms with Crippen LogP contribution >= 0.6 is 24.8 Å². The van der Waals surface area contributed by atoms with Crippen molar-refractivity contribution in [3.63, 3.8) is 0 Å². The van der Waals surface area contributed by atoms with Crippen LogP contribution in [0.2, 0.25) is 0 Å². The molecule has 1 aromatic carbocycles. The van der Waals surface area contributed by atoms with Gasteiger partial charge in [0.1, 0.15) is 0 Å². The lowest BCUT2D eigenvalue weighted by molar-refractivity contribution is -0.137. The molecule has 0 spiro atoms. The Kier molecular flexibility index (Phi) is 8.97. The average Bonchev–Trinajstić information content (AvgIpc) is 3.04. The van der Waals surface area contributed by atoms with Crippen LogP contribution in [0.3, 0.4) is 0 Å². The van der Waals surface area contributed by atoms with E-state index in [4.69, 9.17) is 10.3 Å². The van der Waals surface area contributed by atoms with Gasteiger partial charge in [-0.15, -0.1) is 24.8 Å². The van der Waals surface area contributed by atoms with Gasteiger partial charge in [-0.2, -0.15) is 18.2 Å². The summed E-state index contributed by atoms with van der Waals surface area (Å²) >= 11 is 0. The molecule has 0 atom stereocenters. The van der Waals surface area contributed by atoms with Crippen molar-refractivity contribution in [2.45, 2.75) is 25.8 Å². The lowest BCUT2D eigenvalue weighted by Crippen LogP contribution is -2.45. The molecular weight excluding hydrogens is 406 g/mol. The minimum Gasteiger partial charge on any atom is -0.338 e. The summed E-state index contributed by atoms with van der Waals surface area (Å²) in [5.41, 5.74) is 5.51. The number of aromatic nitrogens is 2. The Bertz CT molecular complexity index is 705. The van der Waals surface area contributed by atoms with Crippen LogP contribution in [0.25, 0.3) is 0 Å². The Balaban J connectivity index is 0.00000182. The third-order valence-electron chi connectivity index (χ3n) is 4.18. The molecule has 6 nitrogen and oxygen atoms in total. The van der Waals surface area contributed by atoms with Crippen LogP contribution in [0.15, 0.2) is 28.8 Å². The first-order valence-corrected chi connectivity index (χ1v) is 8.06. The molecule has 0 bridgehead atoms. The van der Waals surface area contributed by atoms with Crippen molar-refractivity contribution in [3.8, 4) is 0 Å². The van der Waals surface area contributed by atoms with Gasteiger partial charge in [-0.3, -0.25) is 9.80 Å². The maximum Gasteiger partial charge on any atom is 0.416 e. The number of hydrogen-bond acceptors (Lipinski definition) is 6. The first kappa shape index (κ1) is 23.6. The van der Waals surface area contributed by atoms with E-state index >= 15 is 0 Å². The van der Waals surface area contributed by atoms with Crippen molar-refractivity contribution in [2.24, 2.45) is 5.73 Å². The highest BCUT2D eigenvalue weighted by Crippen LogP contribution is 2.29. The quantitative estimate of drug-likeness (QED) is 0.790. The number of piperazine rings is 1. The van der Waals surface area contributed by atoms with Crippen molar-refractivity contribution in [1.82, 2.24) is 19.9 Å². The Hall–Kier alpha value is -1.39. The molecule has 3 rings (SSSR count). The fourth-order valence-electron chi connectivity index (χ4n) is 2.85. The summed E-state index contributed by atoms with van der Waals surface area (Å²) in [6.45, 7) is 4.46. The van der Waals surface area contributed by atoms with Gasteiger partial charge in [0.15, 0.2) is 5.82 Å². The highest BCUT2D eigenvalue weighted by Gasteiger charge is 2.30. The van der Waals surface area contributed by atoms with Crippen molar-refractivity contribution < 1.29 is 17.7 Å². The van der Waals surface area contributed by atoms with E-state index in [0.717, 1.165) is 32.2 Å². The van der Waals surface area contributed by atoms with Crippen LogP contribution in [0.4, 0.5) is 13.2 Å². The molecular formula is C16H22Cl2F3N5O. The second kappa shape index (κ2) is 10.2. The van der Waals surface area contributed by atoms with Crippen LogP contribution in [-0.2, 0) is 25.8 Å². The normalized spacial score (nSPS) is 15.9. The molecule has 152 valence electrons. The summed E-state index contributed by atoms with van der Waals surface area (Å²) < 4.78 is 43.3. The van der Waals surface area contributed by atoms with Gasteiger partial charge in [-0.05, 0) is 11.6 Å². The molecule has 2 aromatic rings. The highest BCUT2D eigenvalue weighted by molar-refractivity contribution is 5.85. The zero-order valence-corrected chi connectivity index (χ0v) is 16.1. The van der Waals surface area contributed by atoms with Gasteiger partial charge in [-0.25, -0.2) is 0 Å². The summed E-state index contributed by atoms with van der Waals surface area (Å²) in [5, 5.41) is 3.87. The molecule has 2 N–H and O–H groups in total. The number of alkyl halides is 3. The minimum absolute atomic E-state index is 0. The van der Waals surface area contributed by atoms with Gasteiger partial charge in [-0.1, -0.05) is 23.4 Å². The molecule has 1 saturated heterocycles. The highest BCUT2D eigenvalue weighted by atomic mass is 35.5. The third kappa shape index (κ3) is 6.62. The monoisotopic (exact) mass is 427 g/mol. The molecule has 2 heterocycles. The summed E-state index contributed by atoms with van der Waals surface area (Å²) in [5.74, 6) is 1.02. The maximum absolute atomic E-state index is 12.8. The average molecular weight is 428 g/mol. The predicted molar refractivity (Wildman–Crippen MR) is 98.7 cm³/mol. The van der Waals surface area contributed by atoms with Gasteiger partial charge >= 0.3 is 6.18 Å². The number of nitrogens with two attached hydrogens (primary N) is 1. The van der Waals surface area contributed by atoms with Crippen LogP contribution in [0, 0.1) is 0 Å². The van der Waals surface area contributed by atoms with Crippen LogP contribution in [0.5, 0.6) is 0 Å².